The zero-order valence-corrected chi connectivity index (χ0v) is 18.8. The summed E-state index contributed by atoms with van der Waals surface area (Å²) in [6, 6.07) is 14.7. The molecule has 0 saturated carbocycles. The Kier molecular flexibility index (Phi) is 8.07. The molecule has 32 heavy (non-hydrogen) atoms. The lowest BCUT2D eigenvalue weighted by atomic mass is 10.0. The summed E-state index contributed by atoms with van der Waals surface area (Å²) in [5.74, 6) is 5.93. The molecular weight excluding hydrogens is 402 g/mol. The van der Waals surface area contributed by atoms with Crippen LogP contribution in [0.5, 0.6) is 0 Å². The van der Waals surface area contributed by atoms with Crippen LogP contribution in [0.2, 0.25) is 0 Å². The van der Waals surface area contributed by atoms with E-state index in [4.69, 9.17) is 0 Å². The van der Waals surface area contributed by atoms with Crippen LogP contribution in [0.3, 0.4) is 0 Å². The van der Waals surface area contributed by atoms with Crippen molar-refractivity contribution in [2.45, 2.75) is 38.5 Å². The largest absolute Gasteiger partial charge is 0.394 e. The summed E-state index contributed by atoms with van der Waals surface area (Å²) in [5.41, 5.74) is 3.33. The molecule has 0 saturated heterocycles. The van der Waals surface area contributed by atoms with E-state index in [-0.39, 0.29) is 18.6 Å². The van der Waals surface area contributed by atoms with E-state index in [0.717, 1.165) is 22.0 Å². The summed E-state index contributed by atoms with van der Waals surface area (Å²) in [4.78, 5) is 18.0. The summed E-state index contributed by atoms with van der Waals surface area (Å²) in [6.07, 6.45) is 2.02. The van der Waals surface area contributed by atoms with Gasteiger partial charge in [0, 0.05) is 34.3 Å². The number of aliphatic hydroxyl groups is 2. The lowest BCUT2D eigenvalue weighted by molar-refractivity contribution is 0.0916. The first-order chi connectivity index (χ1) is 15.4. The number of aliphatic hydroxyl groups excluding tert-OH is 2. The van der Waals surface area contributed by atoms with Crippen LogP contribution in [0.4, 0.5) is 0 Å². The fourth-order valence-corrected chi connectivity index (χ4v) is 3.51. The van der Waals surface area contributed by atoms with Gasteiger partial charge in [-0.3, -0.25) is 9.69 Å². The molecule has 3 rings (SSSR count). The molecule has 168 valence electrons. The first-order valence-corrected chi connectivity index (χ1v) is 10.8. The number of hydrogen-bond donors (Lipinski definition) is 4. The fraction of sp³-hybridized carbons (Fsp3) is 0.346. The minimum atomic E-state index is -0.433. The Bertz CT molecular complexity index is 1110. The molecule has 1 heterocycles. The number of carbonyl (C=O) groups excluding carboxylic acids is 1. The van der Waals surface area contributed by atoms with Crippen molar-refractivity contribution in [3.05, 3.63) is 71.4 Å². The number of carbonyl (C=O) groups is 1. The molecule has 1 aromatic heterocycles. The predicted molar refractivity (Wildman–Crippen MR) is 127 cm³/mol. The van der Waals surface area contributed by atoms with Gasteiger partial charge in [-0.25, -0.2) is 0 Å². The molecular formula is C26H31N3O3. The van der Waals surface area contributed by atoms with Crippen molar-refractivity contribution in [3.63, 3.8) is 0 Å². The topological polar surface area (TPSA) is 88.6 Å². The first kappa shape index (κ1) is 23.6. The zero-order valence-electron chi connectivity index (χ0n) is 18.8. The fourth-order valence-electron chi connectivity index (χ4n) is 3.51. The smallest absolute Gasteiger partial charge is 0.251 e. The Labute approximate surface area is 189 Å². The highest BCUT2D eigenvalue weighted by Crippen LogP contribution is 2.19. The highest BCUT2D eigenvalue weighted by atomic mass is 16.3. The number of H-pyrrole nitrogens is 1. The maximum Gasteiger partial charge on any atom is 0.251 e. The van der Waals surface area contributed by atoms with Crippen molar-refractivity contribution in [1.82, 2.24) is 15.2 Å². The van der Waals surface area contributed by atoms with Gasteiger partial charge in [0.1, 0.15) is 0 Å². The third kappa shape index (κ3) is 5.98. The van der Waals surface area contributed by atoms with Crippen LogP contribution in [0.15, 0.2) is 54.7 Å². The maximum absolute atomic E-state index is 12.8. The number of likely N-dealkylation sites (N-methyl/N-ethyl adjacent to an activating group) is 1. The molecule has 0 aliphatic heterocycles. The van der Waals surface area contributed by atoms with Gasteiger partial charge < -0.3 is 20.5 Å². The molecule has 3 aromatic rings. The molecule has 4 N–H and O–H groups in total. The Morgan fingerprint density at radius 3 is 2.72 bits per heavy atom. The van der Waals surface area contributed by atoms with Gasteiger partial charge in [-0.15, -0.1) is 0 Å². The number of para-hydroxylation sites is 1. The molecule has 0 radical (unpaired) electrons. The molecule has 3 atom stereocenters. The van der Waals surface area contributed by atoms with Crippen LogP contribution in [-0.2, 0) is 6.42 Å². The highest BCUT2D eigenvalue weighted by Gasteiger charge is 2.16. The third-order valence-corrected chi connectivity index (χ3v) is 5.78. The second-order valence-electron chi connectivity index (χ2n) is 8.20. The number of aromatic amines is 1. The number of benzene rings is 2. The Morgan fingerprint density at radius 2 is 1.97 bits per heavy atom. The number of aromatic nitrogens is 1. The van der Waals surface area contributed by atoms with E-state index in [0.29, 0.717) is 18.5 Å². The second-order valence-corrected chi connectivity index (χ2v) is 8.20. The molecule has 6 heteroatoms. The van der Waals surface area contributed by atoms with Gasteiger partial charge in [0.25, 0.3) is 5.91 Å². The van der Waals surface area contributed by atoms with Crippen LogP contribution in [0, 0.1) is 11.8 Å². The molecule has 0 aliphatic carbocycles. The second kappa shape index (κ2) is 11.0. The quantitative estimate of drug-likeness (QED) is 0.411. The standard InChI is InChI=1S/C26H31N3O3/c1-18(19(2)31)29(3)13-7-9-20-8-6-10-21(14-20)26(32)28-23(17-30)15-22-16-27-25-12-5-4-11-24(22)25/h4-6,8,10-12,14,16,18-19,23,27,30-31H,13,15,17H2,1-3H3,(H,28,32)/t18-,19-,23-/m1/s1. The Morgan fingerprint density at radius 1 is 1.19 bits per heavy atom. The van der Waals surface area contributed by atoms with Gasteiger partial charge in [0.2, 0.25) is 0 Å². The van der Waals surface area contributed by atoms with E-state index >= 15 is 0 Å². The van der Waals surface area contributed by atoms with Crippen LogP contribution in [0.1, 0.15) is 35.3 Å². The van der Waals surface area contributed by atoms with Crippen LogP contribution in [-0.4, -0.2) is 64.4 Å². The van der Waals surface area contributed by atoms with E-state index in [1.54, 1.807) is 25.1 Å². The monoisotopic (exact) mass is 433 g/mol. The van der Waals surface area contributed by atoms with Crippen LogP contribution < -0.4 is 5.32 Å². The summed E-state index contributed by atoms with van der Waals surface area (Å²) in [7, 11) is 1.92. The van der Waals surface area contributed by atoms with Crippen LogP contribution in [0.25, 0.3) is 10.9 Å². The molecule has 0 aliphatic rings. The average Bonchev–Trinajstić information content (AvgIpc) is 3.20. The number of nitrogens with zero attached hydrogens (tertiary/aromatic N) is 1. The number of hydrogen-bond acceptors (Lipinski definition) is 4. The first-order valence-electron chi connectivity index (χ1n) is 10.8. The SMILES string of the molecule is C[C@H]([C@@H](C)O)N(C)CC#Cc1cccc(C(=O)N[C@@H](CO)Cc2c[nH]c3ccccc23)c1. The van der Waals surface area contributed by atoms with Crippen molar-refractivity contribution in [2.75, 3.05) is 20.2 Å². The summed E-state index contributed by atoms with van der Waals surface area (Å²) in [5, 5.41) is 23.5. The average molecular weight is 434 g/mol. The molecule has 0 fully saturated rings. The minimum Gasteiger partial charge on any atom is -0.394 e. The van der Waals surface area contributed by atoms with Gasteiger partial charge in [-0.05, 0) is 57.1 Å². The number of amides is 1. The van der Waals surface area contributed by atoms with E-state index in [1.165, 1.54) is 0 Å². The number of rotatable bonds is 8. The molecule has 0 bridgehead atoms. The summed E-state index contributed by atoms with van der Waals surface area (Å²) in [6.45, 7) is 4.07. The van der Waals surface area contributed by atoms with Gasteiger partial charge >= 0.3 is 0 Å². The Hall–Kier alpha value is -3.11. The lowest BCUT2D eigenvalue weighted by Gasteiger charge is -2.24. The van der Waals surface area contributed by atoms with Gasteiger partial charge in [-0.2, -0.15) is 0 Å². The minimum absolute atomic E-state index is 0.00831. The van der Waals surface area contributed by atoms with Crippen molar-refractivity contribution in [2.24, 2.45) is 0 Å². The molecule has 1 amide bonds. The molecule has 6 nitrogen and oxygen atoms in total. The molecule has 0 spiro atoms. The van der Waals surface area contributed by atoms with Crippen molar-refractivity contribution >= 4 is 16.8 Å². The van der Waals surface area contributed by atoms with Crippen molar-refractivity contribution < 1.29 is 15.0 Å². The maximum atomic E-state index is 12.8. The number of nitrogens with one attached hydrogen (secondary N) is 2. The van der Waals surface area contributed by atoms with Gasteiger partial charge in [0.15, 0.2) is 0 Å². The Balaban J connectivity index is 1.64. The lowest BCUT2D eigenvalue weighted by Crippen LogP contribution is -2.39. The van der Waals surface area contributed by atoms with E-state index in [1.807, 2.05) is 55.4 Å². The molecule has 0 unspecified atom stereocenters. The van der Waals surface area contributed by atoms with E-state index in [2.05, 4.69) is 22.1 Å². The van der Waals surface area contributed by atoms with Crippen molar-refractivity contribution in [1.29, 1.82) is 0 Å². The zero-order chi connectivity index (χ0) is 23.1. The third-order valence-electron chi connectivity index (χ3n) is 5.78. The predicted octanol–water partition coefficient (Wildman–Crippen LogP) is 2.55. The van der Waals surface area contributed by atoms with Gasteiger partial charge in [-0.1, -0.05) is 36.1 Å². The summed E-state index contributed by atoms with van der Waals surface area (Å²) < 4.78 is 0. The highest BCUT2D eigenvalue weighted by molar-refractivity contribution is 5.94. The normalized spacial score (nSPS) is 13.9. The summed E-state index contributed by atoms with van der Waals surface area (Å²) >= 11 is 0. The van der Waals surface area contributed by atoms with Crippen molar-refractivity contribution in [3.8, 4) is 11.8 Å². The van der Waals surface area contributed by atoms with E-state index < -0.39 is 12.1 Å². The molecule has 2 aromatic carbocycles. The van der Waals surface area contributed by atoms with Crippen LogP contribution >= 0.6 is 0 Å². The van der Waals surface area contributed by atoms with E-state index in [9.17, 15) is 15.0 Å². The van der Waals surface area contributed by atoms with Gasteiger partial charge in [0.05, 0.1) is 25.3 Å². The number of fused-ring (bicyclic) bond motifs is 1.